The molecule has 1 aromatic carbocycles. The lowest BCUT2D eigenvalue weighted by atomic mass is 9.82. The lowest BCUT2D eigenvalue weighted by Gasteiger charge is -2.37. The van der Waals surface area contributed by atoms with Crippen LogP contribution in [0.1, 0.15) is 30.1 Å². The molecule has 7 heteroatoms. The average Bonchev–Trinajstić information content (AvgIpc) is 3.04. The minimum atomic E-state index is -0.889. The van der Waals surface area contributed by atoms with Crippen molar-refractivity contribution in [3.63, 3.8) is 0 Å². The van der Waals surface area contributed by atoms with Gasteiger partial charge in [0.25, 0.3) is 5.91 Å². The normalized spacial score (nSPS) is 20.8. The van der Waals surface area contributed by atoms with Gasteiger partial charge in [-0.05, 0) is 44.0 Å². The standard InChI is InChI=1S/C17H18ClN3O3/c1-17(16(23)24)7-2-8-20(11-17)15(22)12-9-19-21(10-12)14-5-3-13(18)4-6-14/h3-6,9-10H,2,7-8,11H2,1H3,(H,23,24). The van der Waals surface area contributed by atoms with E-state index < -0.39 is 11.4 Å². The molecule has 1 aliphatic heterocycles. The van der Waals surface area contributed by atoms with Crippen LogP contribution in [-0.4, -0.2) is 44.8 Å². The first kappa shape index (κ1) is 16.5. The van der Waals surface area contributed by atoms with Crippen molar-refractivity contribution >= 4 is 23.5 Å². The largest absolute Gasteiger partial charge is 0.481 e. The number of hydrogen-bond acceptors (Lipinski definition) is 3. The van der Waals surface area contributed by atoms with Gasteiger partial charge < -0.3 is 10.0 Å². The summed E-state index contributed by atoms with van der Waals surface area (Å²) in [5, 5.41) is 14.2. The van der Waals surface area contributed by atoms with Crippen molar-refractivity contribution in [1.29, 1.82) is 0 Å². The van der Waals surface area contributed by atoms with Gasteiger partial charge in [0.15, 0.2) is 0 Å². The molecule has 0 aliphatic carbocycles. The first-order valence-electron chi connectivity index (χ1n) is 7.72. The zero-order valence-corrected chi connectivity index (χ0v) is 14.0. The van der Waals surface area contributed by atoms with Crippen molar-refractivity contribution in [2.75, 3.05) is 13.1 Å². The van der Waals surface area contributed by atoms with E-state index in [-0.39, 0.29) is 12.5 Å². The van der Waals surface area contributed by atoms with Gasteiger partial charge in [-0.1, -0.05) is 11.6 Å². The van der Waals surface area contributed by atoms with Crippen LogP contribution in [-0.2, 0) is 4.79 Å². The molecule has 1 fully saturated rings. The molecule has 6 nitrogen and oxygen atoms in total. The van der Waals surface area contributed by atoms with Crippen molar-refractivity contribution in [1.82, 2.24) is 14.7 Å². The summed E-state index contributed by atoms with van der Waals surface area (Å²) in [5.41, 5.74) is 0.354. The Kier molecular flexibility index (Phi) is 4.32. The average molecular weight is 348 g/mol. The summed E-state index contributed by atoms with van der Waals surface area (Å²) >= 11 is 5.87. The summed E-state index contributed by atoms with van der Waals surface area (Å²) in [5.74, 6) is -1.06. The minimum absolute atomic E-state index is 0.192. The van der Waals surface area contributed by atoms with Crippen molar-refractivity contribution in [3.05, 3.63) is 47.2 Å². The first-order valence-corrected chi connectivity index (χ1v) is 8.10. The fraction of sp³-hybridized carbons (Fsp3) is 0.353. The third-order valence-corrected chi connectivity index (χ3v) is 4.67. The zero-order valence-electron chi connectivity index (χ0n) is 13.3. The zero-order chi connectivity index (χ0) is 17.3. The molecule has 126 valence electrons. The Hall–Kier alpha value is -2.34. The predicted octanol–water partition coefficient (Wildman–Crippen LogP) is 2.85. The highest BCUT2D eigenvalue weighted by molar-refractivity contribution is 6.30. The fourth-order valence-electron chi connectivity index (χ4n) is 2.94. The Morgan fingerprint density at radius 2 is 2.00 bits per heavy atom. The molecule has 1 N–H and O–H groups in total. The van der Waals surface area contributed by atoms with E-state index in [1.54, 1.807) is 34.8 Å². The Balaban J connectivity index is 1.78. The van der Waals surface area contributed by atoms with Gasteiger partial charge in [-0.15, -0.1) is 0 Å². The molecule has 1 aliphatic rings. The number of piperidine rings is 1. The van der Waals surface area contributed by atoms with Crippen molar-refractivity contribution in [2.45, 2.75) is 19.8 Å². The van der Waals surface area contributed by atoms with Crippen LogP contribution in [0.2, 0.25) is 5.02 Å². The number of aromatic nitrogens is 2. The van der Waals surface area contributed by atoms with E-state index in [4.69, 9.17) is 11.6 Å². The van der Waals surface area contributed by atoms with E-state index in [2.05, 4.69) is 5.10 Å². The number of carbonyl (C=O) groups excluding carboxylic acids is 1. The molecule has 1 atom stereocenters. The summed E-state index contributed by atoms with van der Waals surface area (Å²) < 4.78 is 1.60. The van der Waals surface area contributed by atoms with Gasteiger partial charge in [-0.3, -0.25) is 9.59 Å². The van der Waals surface area contributed by atoms with Crippen LogP contribution in [0.15, 0.2) is 36.7 Å². The number of benzene rings is 1. The SMILES string of the molecule is CC1(C(=O)O)CCCN(C(=O)c2cnn(-c3ccc(Cl)cc3)c2)C1. The second-order valence-electron chi connectivity index (χ2n) is 6.35. The number of amides is 1. The van der Waals surface area contributed by atoms with Crippen LogP contribution < -0.4 is 0 Å². The van der Waals surface area contributed by atoms with Crippen molar-refractivity contribution in [2.24, 2.45) is 5.41 Å². The molecule has 1 aromatic heterocycles. The molecular formula is C17H18ClN3O3. The highest BCUT2D eigenvalue weighted by Crippen LogP contribution is 2.30. The van der Waals surface area contributed by atoms with Crippen molar-refractivity contribution in [3.8, 4) is 5.69 Å². The lowest BCUT2D eigenvalue weighted by Crippen LogP contribution is -2.48. The Bertz CT molecular complexity index is 772. The Labute approximate surface area is 144 Å². The van der Waals surface area contributed by atoms with Crippen LogP contribution in [0.5, 0.6) is 0 Å². The van der Waals surface area contributed by atoms with Gasteiger partial charge in [-0.2, -0.15) is 5.10 Å². The molecule has 0 bridgehead atoms. The molecule has 24 heavy (non-hydrogen) atoms. The topological polar surface area (TPSA) is 75.4 Å². The molecule has 3 rings (SSSR count). The van der Waals surface area contributed by atoms with Crippen molar-refractivity contribution < 1.29 is 14.7 Å². The van der Waals surface area contributed by atoms with E-state index in [1.807, 2.05) is 12.1 Å². The summed E-state index contributed by atoms with van der Waals surface area (Å²) in [6.07, 6.45) is 4.41. The van der Waals surface area contributed by atoms with Gasteiger partial charge in [0.05, 0.1) is 22.9 Å². The molecule has 2 aromatic rings. The summed E-state index contributed by atoms with van der Waals surface area (Å²) in [7, 11) is 0. The number of aliphatic carboxylic acids is 1. The number of likely N-dealkylation sites (tertiary alicyclic amines) is 1. The predicted molar refractivity (Wildman–Crippen MR) is 89.5 cm³/mol. The maximum Gasteiger partial charge on any atom is 0.311 e. The van der Waals surface area contributed by atoms with Gasteiger partial charge in [0, 0.05) is 24.3 Å². The number of carboxylic acid groups (broad SMARTS) is 1. The molecular weight excluding hydrogens is 330 g/mol. The number of halogens is 1. The quantitative estimate of drug-likeness (QED) is 0.926. The third kappa shape index (κ3) is 3.14. The van der Waals surface area contributed by atoms with E-state index in [9.17, 15) is 14.7 Å². The highest BCUT2D eigenvalue weighted by atomic mass is 35.5. The molecule has 1 amide bonds. The lowest BCUT2D eigenvalue weighted by molar-refractivity contribution is -0.150. The molecule has 2 heterocycles. The molecule has 1 unspecified atom stereocenters. The maximum absolute atomic E-state index is 12.7. The summed E-state index contributed by atoms with van der Waals surface area (Å²) in [6.45, 7) is 2.47. The van der Waals surface area contributed by atoms with Gasteiger partial charge in [-0.25, -0.2) is 4.68 Å². The number of rotatable bonds is 3. The number of nitrogens with zero attached hydrogens (tertiary/aromatic N) is 3. The van der Waals surface area contributed by atoms with E-state index in [0.29, 0.717) is 30.0 Å². The van der Waals surface area contributed by atoms with Gasteiger partial charge in [0.2, 0.25) is 0 Å². The van der Waals surface area contributed by atoms with Crippen LogP contribution in [0.4, 0.5) is 0 Å². The van der Waals surface area contributed by atoms with E-state index >= 15 is 0 Å². The minimum Gasteiger partial charge on any atom is -0.481 e. The maximum atomic E-state index is 12.7. The highest BCUT2D eigenvalue weighted by Gasteiger charge is 2.39. The molecule has 0 saturated carbocycles. The molecule has 1 saturated heterocycles. The van der Waals surface area contributed by atoms with Crippen LogP contribution in [0.25, 0.3) is 5.69 Å². The van der Waals surface area contributed by atoms with E-state index in [1.165, 1.54) is 6.20 Å². The smallest absolute Gasteiger partial charge is 0.311 e. The number of hydrogen-bond donors (Lipinski definition) is 1. The monoisotopic (exact) mass is 347 g/mol. The van der Waals surface area contributed by atoms with Crippen LogP contribution >= 0.6 is 11.6 Å². The number of carbonyl (C=O) groups is 2. The van der Waals surface area contributed by atoms with E-state index in [0.717, 1.165) is 5.69 Å². The number of carboxylic acids is 1. The molecule has 0 spiro atoms. The third-order valence-electron chi connectivity index (χ3n) is 4.42. The van der Waals surface area contributed by atoms with Crippen LogP contribution in [0.3, 0.4) is 0 Å². The van der Waals surface area contributed by atoms with Gasteiger partial charge >= 0.3 is 5.97 Å². The Morgan fingerprint density at radius 3 is 2.67 bits per heavy atom. The summed E-state index contributed by atoms with van der Waals surface area (Å²) in [6, 6.07) is 7.13. The Morgan fingerprint density at radius 1 is 1.29 bits per heavy atom. The first-order chi connectivity index (χ1) is 11.4. The van der Waals surface area contributed by atoms with Crippen LogP contribution in [0, 0.1) is 5.41 Å². The molecule has 0 radical (unpaired) electrons. The summed E-state index contributed by atoms with van der Waals surface area (Å²) in [4.78, 5) is 25.7. The second-order valence-corrected chi connectivity index (χ2v) is 6.78. The van der Waals surface area contributed by atoms with Gasteiger partial charge in [0.1, 0.15) is 0 Å². The second kappa shape index (κ2) is 6.28. The fourth-order valence-corrected chi connectivity index (χ4v) is 3.06.